The number of fused-ring (bicyclic) bond motifs is 1. The van der Waals surface area contributed by atoms with Gasteiger partial charge in [0.15, 0.2) is 0 Å². The number of hydrogen-bond acceptors (Lipinski definition) is 4. The van der Waals surface area contributed by atoms with Gasteiger partial charge in [0, 0.05) is 6.07 Å². The fourth-order valence-corrected chi connectivity index (χ4v) is 2.41. The first-order valence-electron chi connectivity index (χ1n) is 7.62. The van der Waals surface area contributed by atoms with E-state index in [2.05, 4.69) is 12.1 Å². The molecule has 3 rings (SSSR count). The summed E-state index contributed by atoms with van der Waals surface area (Å²) in [6.45, 7) is 0.731. The predicted molar refractivity (Wildman–Crippen MR) is 92.6 cm³/mol. The van der Waals surface area contributed by atoms with Crippen molar-refractivity contribution in [2.45, 2.75) is 0 Å². The van der Waals surface area contributed by atoms with Gasteiger partial charge in [-0.05, 0) is 35.0 Å². The van der Waals surface area contributed by atoms with Gasteiger partial charge in [0.05, 0.1) is 12.7 Å². The molecule has 0 aliphatic heterocycles. The number of benzene rings is 3. The minimum Gasteiger partial charge on any atom is -0.497 e. The lowest BCUT2D eigenvalue weighted by molar-refractivity contribution is 0.216. The van der Waals surface area contributed by atoms with E-state index in [-0.39, 0.29) is 0 Å². The summed E-state index contributed by atoms with van der Waals surface area (Å²) < 4.78 is 16.5. The van der Waals surface area contributed by atoms with Crippen molar-refractivity contribution in [1.82, 2.24) is 0 Å². The van der Waals surface area contributed by atoms with Crippen LogP contribution in [0.1, 0.15) is 5.56 Å². The van der Waals surface area contributed by atoms with Crippen LogP contribution in [0.25, 0.3) is 10.8 Å². The Morgan fingerprint density at radius 1 is 0.833 bits per heavy atom. The summed E-state index contributed by atoms with van der Waals surface area (Å²) >= 11 is 0. The number of hydrogen-bond donors (Lipinski definition) is 0. The Balaban J connectivity index is 1.59. The average molecular weight is 319 g/mol. The molecule has 0 aromatic heterocycles. The maximum Gasteiger partial charge on any atom is 0.140 e. The highest BCUT2D eigenvalue weighted by Crippen LogP contribution is 2.24. The van der Waals surface area contributed by atoms with E-state index in [1.807, 2.05) is 36.4 Å². The first-order chi connectivity index (χ1) is 11.8. The Labute approximate surface area is 140 Å². The van der Waals surface area contributed by atoms with E-state index >= 15 is 0 Å². The van der Waals surface area contributed by atoms with Crippen molar-refractivity contribution in [3.8, 4) is 23.3 Å². The minimum atomic E-state index is 0.342. The molecular formula is C20H17NO3. The highest BCUT2D eigenvalue weighted by atomic mass is 16.5. The number of nitrogens with zero attached hydrogens (tertiary/aromatic N) is 1. The molecule has 3 aromatic rings. The van der Waals surface area contributed by atoms with Crippen LogP contribution >= 0.6 is 0 Å². The maximum atomic E-state index is 9.12. The fraction of sp³-hybridized carbons (Fsp3) is 0.150. The summed E-state index contributed by atoms with van der Waals surface area (Å²) in [5.74, 6) is 1.95. The van der Waals surface area contributed by atoms with Gasteiger partial charge in [0.1, 0.15) is 36.5 Å². The van der Waals surface area contributed by atoms with E-state index in [9.17, 15) is 0 Å². The van der Waals surface area contributed by atoms with E-state index in [0.717, 1.165) is 11.1 Å². The molecule has 0 aliphatic carbocycles. The third kappa shape index (κ3) is 3.58. The van der Waals surface area contributed by atoms with Gasteiger partial charge in [-0.15, -0.1) is 0 Å². The normalized spacial score (nSPS) is 10.2. The Morgan fingerprint density at radius 3 is 2.38 bits per heavy atom. The van der Waals surface area contributed by atoms with Crippen molar-refractivity contribution < 1.29 is 14.2 Å². The molecule has 0 saturated carbocycles. The van der Waals surface area contributed by atoms with Crippen molar-refractivity contribution in [1.29, 1.82) is 5.26 Å². The fourth-order valence-electron chi connectivity index (χ4n) is 2.41. The van der Waals surface area contributed by atoms with Gasteiger partial charge in [-0.25, -0.2) is 0 Å². The zero-order valence-electron chi connectivity index (χ0n) is 13.4. The smallest absolute Gasteiger partial charge is 0.140 e. The van der Waals surface area contributed by atoms with Crippen LogP contribution in [0.4, 0.5) is 0 Å². The van der Waals surface area contributed by atoms with Crippen molar-refractivity contribution in [3.05, 3.63) is 66.2 Å². The van der Waals surface area contributed by atoms with Crippen LogP contribution in [0, 0.1) is 11.3 Å². The number of nitriles is 1. The Hall–Kier alpha value is -3.19. The predicted octanol–water partition coefficient (Wildman–Crippen LogP) is 4.18. The molecule has 0 atom stereocenters. The van der Waals surface area contributed by atoms with Crippen molar-refractivity contribution in [3.63, 3.8) is 0 Å². The van der Waals surface area contributed by atoms with Gasteiger partial charge in [-0.3, -0.25) is 0 Å². The van der Waals surface area contributed by atoms with E-state index in [1.165, 1.54) is 5.39 Å². The number of methoxy groups -OCH3 is 1. The molecule has 0 amide bonds. The van der Waals surface area contributed by atoms with E-state index in [1.54, 1.807) is 25.3 Å². The maximum absolute atomic E-state index is 9.12. The molecule has 0 fully saturated rings. The second-order valence-electron chi connectivity index (χ2n) is 5.18. The summed E-state index contributed by atoms with van der Waals surface area (Å²) in [4.78, 5) is 0. The molecule has 3 aromatic carbocycles. The van der Waals surface area contributed by atoms with E-state index < -0.39 is 0 Å². The van der Waals surface area contributed by atoms with Crippen molar-refractivity contribution >= 4 is 10.8 Å². The largest absolute Gasteiger partial charge is 0.497 e. The topological polar surface area (TPSA) is 51.5 Å². The van der Waals surface area contributed by atoms with Crippen LogP contribution in [-0.2, 0) is 0 Å². The molecule has 0 unspecified atom stereocenters. The van der Waals surface area contributed by atoms with Gasteiger partial charge >= 0.3 is 0 Å². The lowest BCUT2D eigenvalue weighted by Gasteiger charge is -2.11. The zero-order valence-corrected chi connectivity index (χ0v) is 13.4. The summed E-state index contributed by atoms with van der Waals surface area (Å²) in [5, 5.41) is 11.4. The van der Waals surface area contributed by atoms with Gasteiger partial charge < -0.3 is 14.2 Å². The number of ether oxygens (including phenoxy) is 3. The highest BCUT2D eigenvalue weighted by Gasteiger charge is 2.05. The number of rotatable bonds is 6. The minimum absolute atomic E-state index is 0.342. The first-order valence-corrected chi connectivity index (χ1v) is 7.62. The molecule has 0 spiro atoms. The van der Waals surface area contributed by atoms with Crippen molar-refractivity contribution in [2.24, 2.45) is 0 Å². The molecule has 0 N–H and O–H groups in total. The van der Waals surface area contributed by atoms with Crippen LogP contribution in [0.3, 0.4) is 0 Å². The molecule has 0 saturated heterocycles. The second-order valence-corrected chi connectivity index (χ2v) is 5.18. The monoisotopic (exact) mass is 319 g/mol. The SMILES string of the molecule is COc1ccc(C#N)c(OCCOc2ccc3ccccc3c2)c1. The van der Waals surface area contributed by atoms with Crippen LogP contribution < -0.4 is 14.2 Å². The third-order valence-corrected chi connectivity index (χ3v) is 3.64. The first kappa shape index (κ1) is 15.7. The van der Waals surface area contributed by atoms with Crippen molar-refractivity contribution in [2.75, 3.05) is 20.3 Å². The molecule has 0 aliphatic rings. The molecule has 24 heavy (non-hydrogen) atoms. The second kappa shape index (κ2) is 7.38. The Kier molecular flexibility index (Phi) is 4.83. The zero-order chi connectivity index (χ0) is 16.8. The Morgan fingerprint density at radius 2 is 1.58 bits per heavy atom. The van der Waals surface area contributed by atoms with E-state index in [4.69, 9.17) is 19.5 Å². The average Bonchev–Trinajstić information content (AvgIpc) is 2.65. The molecule has 4 nitrogen and oxygen atoms in total. The molecule has 0 heterocycles. The van der Waals surface area contributed by atoms with Crippen LogP contribution in [0.2, 0.25) is 0 Å². The lowest BCUT2D eigenvalue weighted by Crippen LogP contribution is -2.09. The molecule has 0 bridgehead atoms. The van der Waals surface area contributed by atoms with Gasteiger partial charge in [0.2, 0.25) is 0 Å². The van der Waals surface area contributed by atoms with Crippen LogP contribution in [0.5, 0.6) is 17.2 Å². The quantitative estimate of drug-likeness (QED) is 0.640. The van der Waals surface area contributed by atoms with Crippen LogP contribution in [0.15, 0.2) is 60.7 Å². The summed E-state index contributed by atoms with van der Waals surface area (Å²) in [5.41, 5.74) is 0.474. The van der Waals surface area contributed by atoms with E-state index in [0.29, 0.717) is 30.3 Å². The van der Waals surface area contributed by atoms with Crippen LogP contribution in [-0.4, -0.2) is 20.3 Å². The summed E-state index contributed by atoms with van der Waals surface area (Å²) in [6.07, 6.45) is 0. The standard InChI is InChI=1S/C20H17NO3/c1-22-18-8-7-17(14-21)20(13-18)24-11-10-23-19-9-6-15-4-2-3-5-16(15)12-19/h2-9,12-13H,10-11H2,1H3. The highest BCUT2D eigenvalue weighted by molar-refractivity contribution is 5.83. The summed E-state index contributed by atoms with van der Waals surface area (Å²) in [6, 6.07) is 21.3. The molecule has 0 radical (unpaired) electrons. The molecule has 120 valence electrons. The molecule has 4 heteroatoms. The Bertz CT molecular complexity index is 883. The van der Waals surface area contributed by atoms with Gasteiger partial charge in [-0.2, -0.15) is 5.26 Å². The lowest BCUT2D eigenvalue weighted by atomic mass is 10.1. The van der Waals surface area contributed by atoms with Gasteiger partial charge in [0.25, 0.3) is 0 Å². The third-order valence-electron chi connectivity index (χ3n) is 3.64. The summed E-state index contributed by atoms with van der Waals surface area (Å²) in [7, 11) is 1.58. The molecular weight excluding hydrogens is 302 g/mol. The van der Waals surface area contributed by atoms with Gasteiger partial charge in [-0.1, -0.05) is 30.3 Å².